The molecule has 2 aliphatic heterocycles. The van der Waals surface area contributed by atoms with E-state index in [2.05, 4.69) is 15.0 Å². The Morgan fingerprint density at radius 3 is 2.86 bits per heavy atom. The molecule has 2 atom stereocenters. The number of carbonyl (C=O) groups is 1. The molecule has 0 bridgehead atoms. The Hall–Kier alpha value is -2.24. The zero-order valence-corrected chi connectivity index (χ0v) is 20.6. The highest BCUT2D eigenvalue weighted by atomic mass is 32.1. The first-order chi connectivity index (χ1) is 16.7. The fraction of sp³-hybridized carbons (Fsp3) is 0.625. The van der Waals surface area contributed by atoms with Crippen molar-refractivity contribution >= 4 is 23.2 Å². The predicted octanol–water partition coefficient (Wildman–Crippen LogP) is 4.08. The number of rotatable bonds is 9. The van der Waals surface area contributed by atoms with Gasteiger partial charge in [-0.1, -0.05) is 11.3 Å². The Balaban J connectivity index is 1.13. The number of ketones is 1. The van der Waals surface area contributed by atoms with Crippen LogP contribution in [0.2, 0.25) is 0 Å². The van der Waals surface area contributed by atoms with Crippen molar-refractivity contribution in [2.45, 2.75) is 50.8 Å². The Morgan fingerprint density at radius 1 is 1.31 bits per heavy atom. The number of hydrogen-bond acceptors (Lipinski definition) is 7. The van der Waals surface area contributed by atoms with Crippen LogP contribution in [0.3, 0.4) is 0 Å². The van der Waals surface area contributed by atoms with Crippen molar-refractivity contribution in [3.63, 3.8) is 0 Å². The van der Waals surface area contributed by atoms with E-state index in [1.54, 1.807) is 23.0 Å². The minimum atomic E-state index is -4.35. The van der Waals surface area contributed by atoms with Crippen LogP contribution < -0.4 is 4.74 Å². The van der Waals surface area contributed by atoms with Crippen molar-refractivity contribution in [1.29, 1.82) is 0 Å². The quantitative estimate of drug-likeness (QED) is 0.472. The Morgan fingerprint density at radius 2 is 2.14 bits per heavy atom. The van der Waals surface area contributed by atoms with Crippen LogP contribution in [0, 0.1) is 5.92 Å². The first kappa shape index (κ1) is 25.8. The number of nitrogens with zero attached hydrogens (tertiary/aromatic N) is 4. The van der Waals surface area contributed by atoms with E-state index >= 15 is 0 Å². The summed E-state index contributed by atoms with van der Waals surface area (Å²) in [6, 6.07) is 0. The average molecular weight is 513 g/mol. The molecule has 4 rings (SSSR count). The molecule has 192 valence electrons. The van der Waals surface area contributed by atoms with Crippen LogP contribution in [-0.2, 0) is 29.4 Å². The number of fused-ring (bicyclic) bond motifs is 1. The van der Waals surface area contributed by atoms with E-state index in [-0.39, 0.29) is 23.0 Å². The van der Waals surface area contributed by atoms with Crippen molar-refractivity contribution in [3.8, 4) is 5.19 Å². The summed E-state index contributed by atoms with van der Waals surface area (Å²) >= 11 is 1.22. The van der Waals surface area contributed by atoms with Gasteiger partial charge in [0, 0.05) is 56.2 Å². The molecule has 0 radical (unpaired) electrons. The van der Waals surface area contributed by atoms with Gasteiger partial charge in [-0.3, -0.25) is 9.48 Å². The standard InChI is InChI=1S/C24H31F3N4O3S/c1-30-14-18(13-28-30)2-4-19(32)12-17-3-5-20(33-15-17)6-9-31-10-7-21-22(8-11-31)35-23(29-21)34-16-24(25,26)27/h2,4,13-14,17,20H,3,5-12,15-16H2,1H3/b4-2+/t17-,20-/m1/s1. The monoisotopic (exact) mass is 512 g/mol. The smallest absolute Gasteiger partial charge is 0.422 e. The molecule has 0 aromatic carbocycles. The van der Waals surface area contributed by atoms with Gasteiger partial charge >= 0.3 is 6.18 Å². The van der Waals surface area contributed by atoms with E-state index in [9.17, 15) is 18.0 Å². The topological polar surface area (TPSA) is 69.5 Å². The molecule has 0 unspecified atom stereocenters. The van der Waals surface area contributed by atoms with Gasteiger partial charge in [-0.05, 0) is 43.8 Å². The number of hydrogen-bond donors (Lipinski definition) is 0. The van der Waals surface area contributed by atoms with Crippen molar-refractivity contribution in [2.24, 2.45) is 13.0 Å². The number of carbonyl (C=O) groups excluding carboxylic acids is 1. The van der Waals surface area contributed by atoms with Crippen LogP contribution in [-0.4, -0.2) is 70.6 Å². The van der Waals surface area contributed by atoms with Crippen LogP contribution in [0.4, 0.5) is 13.2 Å². The molecule has 0 amide bonds. The fourth-order valence-corrected chi connectivity index (χ4v) is 5.40. The van der Waals surface area contributed by atoms with Gasteiger partial charge in [0.15, 0.2) is 12.4 Å². The molecule has 7 nitrogen and oxygen atoms in total. The lowest BCUT2D eigenvalue weighted by molar-refractivity contribution is -0.153. The molecule has 1 saturated heterocycles. The highest BCUT2D eigenvalue weighted by molar-refractivity contribution is 7.13. The minimum Gasteiger partial charge on any atom is -0.460 e. The third kappa shape index (κ3) is 8.15. The molecule has 4 heterocycles. The SMILES string of the molecule is Cn1cc(/C=C/C(=O)C[C@H]2CC[C@H](CCN3CCc4nc(OCC(F)(F)F)sc4CC3)OC2)cn1. The molecular weight excluding hydrogens is 481 g/mol. The zero-order chi connectivity index (χ0) is 24.8. The summed E-state index contributed by atoms with van der Waals surface area (Å²) in [5.41, 5.74) is 1.77. The van der Waals surface area contributed by atoms with E-state index in [1.165, 1.54) is 11.3 Å². The Kier molecular flexibility index (Phi) is 8.61. The summed E-state index contributed by atoms with van der Waals surface area (Å²) in [5, 5.41) is 4.20. The molecule has 35 heavy (non-hydrogen) atoms. The maximum absolute atomic E-state index is 12.4. The van der Waals surface area contributed by atoms with Crippen molar-refractivity contribution < 1.29 is 27.4 Å². The molecule has 11 heteroatoms. The van der Waals surface area contributed by atoms with Crippen LogP contribution in [0.25, 0.3) is 6.08 Å². The van der Waals surface area contributed by atoms with E-state index in [4.69, 9.17) is 9.47 Å². The lowest BCUT2D eigenvalue weighted by Crippen LogP contribution is -2.33. The highest BCUT2D eigenvalue weighted by Crippen LogP contribution is 2.30. The molecular formula is C24H31F3N4O3S. The van der Waals surface area contributed by atoms with Crippen LogP contribution in [0.5, 0.6) is 5.19 Å². The number of thiazole rings is 1. The number of allylic oxidation sites excluding steroid dienone is 1. The van der Waals surface area contributed by atoms with Gasteiger partial charge in [0.2, 0.25) is 0 Å². The summed E-state index contributed by atoms with van der Waals surface area (Å²) in [6.07, 6.45) is 7.71. The number of halogens is 3. The van der Waals surface area contributed by atoms with Crippen LogP contribution in [0.15, 0.2) is 18.5 Å². The first-order valence-electron chi connectivity index (χ1n) is 11.9. The van der Waals surface area contributed by atoms with Gasteiger partial charge in [-0.15, -0.1) is 0 Å². The molecule has 0 aliphatic carbocycles. The lowest BCUT2D eigenvalue weighted by Gasteiger charge is -2.30. The normalized spacial score (nSPS) is 21.7. The fourth-order valence-electron chi connectivity index (χ4n) is 4.46. The predicted molar refractivity (Wildman–Crippen MR) is 126 cm³/mol. The number of aromatic nitrogens is 3. The van der Waals surface area contributed by atoms with Crippen LogP contribution in [0.1, 0.15) is 41.8 Å². The second kappa shape index (κ2) is 11.7. The maximum atomic E-state index is 12.4. The van der Waals surface area contributed by atoms with E-state index < -0.39 is 12.8 Å². The van der Waals surface area contributed by atoms with Crippen molar-refractivity contribution in [2.75, 3.05) is 32.8 Å². The van der Waals surface area contributed by atoms with Gasteiger partial charge in [0.05, 0.1) is 24.6 Å². The molecule has 0 saturated carbocycles. The minimum absolute atomic E-state index is 0.108. The molecule has 2 aliphatic rings. The zero-order valence-electron chi connectivity index (χ0n) is 19.8. The summed E-state index contributed by atoms with van der Waals surface area (Å²) in [6.45, 7) is 1.89. The third-order valence-electron chi connectivity index (χ3n) is 6.35. The van der Waals surface area contributed by atoms with Crippen LogP contribution >= 0.6 is 11.3 Å². The van der Waals surface area contributed by atoms with Gasteiger partial charge < -0.3 is 14.4 Å². The molecule has 0 N–H and O–H groups in total. The summed E-state index contributed by atoms with van der Waals surface area (Å²) in [5.74, 6) is 0.366. The second-order valence-corrected chi connectivity index (χ2v) is 10.3. The number of ether oxygens (including phenoxy) is 2. The van der Waals surface area contributed by atoms with E-state index in [0.29, 0.717) is 19.4 Å². The van der Waals surface area contributed by atoms with Crippen molar-refractivity contribution in [1.82, 2.24) is 19.7 Å². The Labute approximate surface area is 206 Å². The Bertz CT molecular complexity index is 987. The third-order valence-corrected chi connectivity index (χ3v) is 7.42. The van der Waals surface area contributed by atoms with Crippen molar-refractivity contribution in [3.05, 3.63) is 34.6 Å². The maximum Gasteiger partial charge on any atom is 0.422 e. The number of alkyl halides is 3. The lowest BCUT2D eigenvalue weighted by atomic mass is 9.92. The summed E-state index contributed by atoms with van der Waals surface area (Å²) in [4.78, 5) is 19.9. The van der Waals surface area contributed by atoms with Gasteiger partial charge in [0.1, 0.15) is 0 Å². The highest BCUT2D eigenvalue weighted by Gasteiger charge is 2.30. The number of aryl methyl sites for hydroxylation is 1. The molecule has 1 fully saturated rings. The second-order valence-electron chi connectivity index (χ2n) is 9.23. The van der Waals surface area contributed by atoms with Gasteiger partial charge in [-0.25, -0.2) is 4.98 Å². The summed E-state index contributed by atoms with van der Waals surface area (Å²) in [7, 11) is 1.84. The molecule has 2 aromatic rings. The van der Waals surface area contributed by atoms with Gasteiger partial charge in [0.25, 0.3) is 5.19 Å². The molecule has 0 spiro atoms. The first-order valence-corrected chi connectivity index (χ1v) is 12.8. The largest absolute Gasteiger partial charge is 0.460 e. The average Bonchev–Trinajstić information content (AvgIpc) is 3.36. The molecule has 2 aromatic heterocycles. The van der Waals surface area contributed by atoms with E-state index in [0.717, 1.165) is 61.5 Å². The van der Waals surface area contributed by atoms with Gasteiger partial charge in [-0.2, -0.15) is 18.3 Å². The van der Waals surface area contributed by atoms with E-state index in [1.807, 2.05) is 13.2 Å². The summed E-state index contributed by atoms with van der Waals surface area (Å²) < 4.78 is 49.7.